The molecule has 1 heterocycles. The molecule has 16 heavy (non-hydrogen) atoms. The van der Waals surface area contributed by atoms with Crippen LogP contribution in [0.3, 0.4) is 0 Å². The average molecular weight is 237 g/mol. The first kappa shape index (κ1) is 13.8. The highest BCUT2D eigenvalue weighted by Gasteiger charge is 2.44. The van der Waals surface area contributed by atoms with Gasteiger partial charge in [0.05, 0.1) is 6.61 Å². The Bertz CT molecular complexity index is 204. The van der Waals surface area contributed by atoms with Gasteiger partial charge >= 0.3 is 0 Å². The summed E-state index contributed by atoms with van der Waals surface area (Å²) in [6.07, 6.45) is -5.39. The van der Waals surface area contributed by atoms with E-state index in [4.69, 9.17) is 20.3 Å². The van der Waals surface area contributed by atoms with Gasteiger partial charge in [0.15, 0.2) is 6.29 Å². The Hall–Kier alpha value is -0.280. The Kier molecular flexibility index (Phi) is 5.56. The van der Waals surface area contributed by atoms with E-state index in [1.807, 2.05) is 0 Å². The zero-order valence-electron chi connectivity index (χ0n) is 8.90. The van der Waals surface area contributed by atoms with Gasteiger partial charge in [-0.1, -0.05) is 0 Å². The molecule has 0 unspecified atom stereocenters. The maximum atomic E-state index is 9.65. The molecule has 0 aromatic carbocycles. The first-order valence-corrected chi connectivity index (χ1v) is 5.24. The molecule has 1 saturated heterocycles. The van der Waals surface area contributed by atoms with Crippen LogP contribution in [0.1, 0.15) is 6.42 Å². The molecule has 0 saturated carbocycles. The Morgan fingerprint density at radius 3 is 2.44 bits per heavy atom. The van der Waals surface area contributed by atoms with E-state index < -0.39 is 37.3 Å². The molecule has 1 aliphatic heterocycles. The number of ether oxygens (including phenoxy) is 2. The summed E-state index contributed by atoms with van der Waals surface area (Å²) in [5.41, 5.74) is 5.27. The number of hydrogen-bond acceptors (Lipinski definition) is 7. The molecular formula is C9H19NO6. The summed E-state index contributed by atoms with van der Waals surface area (Å²) in [5, 5.41) is 37.5. The van der Waals surface area contributed by atoms with Gasteiger partial charge in [-0.3, -0.25) is 0 Å². The van der Waals surface area contributed by atoms with Crippen molar-refractivity contribution < 1.29 is 29.9 Å². The summed E-state index contributed by atoms with van der Waals surface area (Å²) in [7, 11) is 0. The predicted octanol–water partition coefficient (Wildman–Crippen LogP) is -2.85. The topological polar surface area (TPSA) is 125 Å². The molecule has 0 aromatic rings. The quantitative estimate of drug-likeness (QED) is 0.326. The van der Waals surface area contributed by atoms with Crippen LogP contribution in [0.4, 0.5) is 0 Å². The normalized spacial score (nSPS) is 39.9. The lowest BCUT2D eigenvalue weighted by atomic mass is 9.99. The van der Waals surface area contributed by atoms with Crippen molar-refractivity contribution in [1.29, 1.82) is 0 Å². The summed E-state index contributed by atoms with van der Waals surface area (Å²) in [6, 6.07) is 0. The summed E-state index contributed by atoms with van der Waals surface area (Å²) >= 11 is 0. The van der Waals surface area contributed by atoms with Gasteiger partial charge in [0.2, 0.25) is 0 Å². The summed E-state index contributed by atoms with van der Waals surface area (Å²) in [4.78, 5) is 0. The lowest BCUT2D eigenvalue weighted by Crippen LogP contribution is -2.59. The number of aliphatic hydroxyl groups excluding tert-OH is 4. The van der Waals surface area contributed by atoms with Crippen LogP contribution in [0.5, 0.6) is 0 Å². The Balaban J connectivity index is 2.50. The molecule has 0 spiro atoms. The zero-order chi connectivity index (χ0) is 12.1. The Labute approximate surface area is 93.4 Å². The van der Waals surface area contributed by atoms with Crippen LogP contribution in [0, 0.1) is 0 Å². The van der Waals surface area contributed by atoms with Gasteiger partial charge in [-0.2, -0.15) is 0 Å². The highest BCUT2D eigenvalue weighted by Crippen LogP contribution is 2.22. The molecule has 7 nitrogen and oxygen atoms in total. The van der Waals surface area contributed by atoms with E-state index in [1.165, 1.54) is 0 Å². The number of nitrogens with two attached hydrogens (primary N) is 1. The van der Waals surface area contributed by atoms with Crippen LogP contribution in [0.15, 0.2) is 0 Å². The largest absolute Gasteiger partial charge is 0.394 e. The van der Waals surface area contributed by atoms with Crippen molar-refractivity contribution in [2.75, 3.05) is 19.8 Å². The van der Waals surface area contributed by atoms with E-state index in [1.54, 1.807) is 0 Å². The van der Waals surface area contributed by atoms with E-state index in [0.29, 0.717) is 13.0 Å². The minimum absolute atomic E-state index is 0.259. The van der Waals surface area contributed by atoms with Crippen LogP contribution in [0.2, 0.25) is 0 Å². The first-order valence-electron chi connectivity index (χ1n) is 5.24. The first-order chi connectivity index (χ1) is 7.61. The smallest absolute Gasteiger partial charge is 0.184 e. The standard InChI is InChI=1S/C9H19NO6/c10-2-1-3-15-8-7(13)6(12)5(4-11)16-9(8)14/h5-9,11-14H,1-4,10H2/t5-,6+,7+,8-,9-/m1/s1. The molecule has 5 atom stereocenters. The van der Waals surface area contributed by atoms with Gasteiger partial charge in [-0.05, 0) is 13.0 Å². The fourth-order valence-electron chi connectivity index (χ4n) is 1.55. The fourth-order valence-corrected chi connectivity index (χ4v) is 1.55. The van der Waals surface area contributed by atoms with Crippen LogP contribution in [0.25, 0.3) is 0 Å². The van der Waals surface area contributed by atoms with Crippen molar-refractivity contribution in [3.63, 3.8) is 0 Å². The van der Waals surface area contributed by atoms with Crippen molar-refractivity contribution in [3.8, 4) is 0 Å². The maximum absolute atomic E-state index is 9.65. The van der Waals surface area contributed by atoms with E-state index >= 15 is 0 Å². The van der Waals surface area contributed by atoms with Gasteiger partial charge in [0.1, 0.15) is 24.4 Å². The number of aliphatic hydroxyl groups is 4. The van der Waals surface area contributed by atoms with E-state index in [0.717, 1.165) is 0 Å². The molecule has 1 rings (SSSR count). The van der Waals surface area contributed by atoms with Crippen LogP contribution in [-0.2, 0) is 9.47 Å². The molecule has 96 valence electrons. The summed E-state index contributed by atoms with van der Waals surface area (Å²) < 4.78 is 10.1. The average Bonchev–Trinajstić information content (AvgIpc) is 2.28. The highest BCUT2D eigenvalue weighted by molar-refractivity contribution is 4.89. The fraction of sp³-hybridized carbons (Fsp3) is 1.00. The molecule has 0 amide bonds. The number of hydrogen-bond donors (Lipinski definition) is 5. The Morgan fingerprint density at radius 1 is 1.19 bits per heavy atom. The van der Waals surface area contributed by atoms with Crippen LogP contribution in [-0.4, -0.2) is 70.9 Å². The minimum atomic E-state index is -1.37. The molecule has 1 aliphatic rings. The van der Waals surface area contributed by atoms with Crippen molar-refractivity contribution >= 4 is 0 Å². The number of rotatable bonds is 5. The van der Waals surface area contributed by atoms with Crippen molar-refractivity contribution in [2.24, 2.45) is 5.73 Å². The van der Waals surface area contributed by atoms with Gasteiger partial charge in [-0.25, -0.2) is 0 Å². The SMILES string of the molecule is NCCCO[C@@H]1[C@@H](O)[C@@H](O)[C@@H](CO)O[C@H]1O. The second kappa shape index (κ2) is 6.45. The van der Waals surface area contributed by atoms with E-state index in [9.17, 15) is 15.3 Å². The molecular weight excluding hydrogens is 218 g/mol. The second-order valence-electron chi connectivity index (χ2n) is 3.71. The van der Waals surface area contributed by atoms with E-state index in [-0.39, 0.29) is 6.61 Å². The second-order valence-corrected chi connectivity index (χ2v) is 3.71. The van der Waals surface area contributed by atoms with Gasteiger partial charge in [0.25, 0.3) is 0 Å². The predicted molar refractivity (Wildman–Crippen MR) is 53.4 cm³/mol. The van der Waals surface area contributed by atoms with Crippen molar-refractivity contribution in [1.82, 2.24) is 0 Å². The highest BCUT2D eigenvalue weighted by atomic mass is 16.7. The minimum Gasteiger partial charge on any atom is -0.394 e. The van der Waals surface area contributed by atoms with E-state index in [2.05, 4.69) is 0 Å². The third kappa shape index (κ3) is 3.11. The molecule has 0 aromatic heterocycles. The molecule has 6 N–H and O–H groups in total. The Morgan fingerprint density at radius 2 is 1.88 bits per heavy atom. The molecule has 0 aliphatic carbocycles. The molecule has 1 fully saturated rings. The van der Waals surface area contributed by atoms with Crippen molar-refractivity contribution in [2.45, 2.75) is 37.1 Å². The van der Waals surface area contributed by atoms with Gasteiger partial charge in [-0.15, -0.1) is 0 Å². The van der Waals surface area contributed by atoms with Gasteiger partial charge in [0, 0.05) is 6.61 Å². The van der Waals surface area contributed by atoms with Crippen LogP contribution >= 0.6 is 0 Å². The van der Waals surface area contributed by atoms with Crippen LogP contribution < -0.4 is 5.73 Å². The lowest BCUT2D eigenvalue weighted by Gasteiger charge is -2.39. The van der Waals surface area contributed by atoms with Crippen molar-refractivity contribution in [3.05, 3.63) is 0 Å². The maximum Gasteiger partial charge on any atom is 0.184 e. The monoisotopic (exact) mass is 237 g/mol. The lowest BCUT2D eigenvalue weighted by molar-refractivity contribution is -0.296. The molecule has 0 bridgehead atoms. The third-order valence-electron chi connectivity index (χ3n) is 2.50. The third-order valence-corrected chi connectivity index (χ3v) is 2.50. The summed E-state index contributed by atoms with van der Waals surface area (Å²) in [6.45, 7) is 0.210. The summed E-state index contributed by atoms with van der Waals surface area (Å²) in [5.74, 6) is 0. The zero-order valence-corrected chi connectivity index (χ0v) is 8.90. The molecule has 0 radical (unpaired) electrons. The van der Waals surface area contributed by atoms with Gasteiger partial charge < -0.3 is 35.6 Å². The molecule has 7 heteroatoms.